The lowest BCUT2D eigenvalue weighted by Gasteiger charge is -2.10. The van der Waals surface area contributed by atoms with Gasteiger partial charge in [-0.05, 0) is 25.0 Å². The van der Waals surface area contributed by atoms with Crippen LogP contribution in [0, 0.1) is 0 Å². The summed E-state index contributed by atoms with van der Waals surface area (Å²) >= 11 is 0. The van der Waals surface area contributed by atoms with Crippen molar-refractivity contribution in [2.45, 2.75) is 18.9 Å². The molecule has 1 aromatic carbocycles. The van der Waals surface area contributed by atoms with Gasteiger partial charge in [-0.15, -0.1) is 6.58 Å². The van der Waals surface area contributed by atoms with Crippen LogP contribution in [0.1, 0.15) is 24.6 Å². The molecule has 1 aromatic heterocycles. The zero-order valence-electron chi connectivity index (χ0n) is 9.26. The van der Waals surface area contributed by atoms with Gasteiger partial charge >= 0.3 is 0 Å². The molecule has 2 N–H and O–H groups in total. The molecule has 0 aliphatic rings. The highest BCUT2D eigenvalue weighted by molar-refractivity contribution is 5.78. The summed E-state index contributed by atoms with van der Waals surface area (Å²) in [5.41, 5.74) is 8.03. The Morgan fingerprint density at radius 3 is 2.88 bits per heavy atom. The zero-order valence-corrected chi connectivity index (χ0v) is 9.26. The van der Waals surface area contributed by atoms with Crippen LogP contribution in [0.4, 0.5) is 0 Å². The van der Waals surface area contributed by atoms with Crippen LogP contribution in [0.5, 0.6) is 0 Å². The molecular formula is C14H16N2. The number of benzene rings is 1. The van der Waals surface area contributed by atoms with Crippen molar-refractivity contribution in [3.05, 3.63) is 54.7 Å². The van der Waals surface area contributed by atoms with E-state index in [1.54, 1.807) is 0 Å². The molecule has 0 unspecified atom stereocenters. The van der Waals surface area contributed by atoms with Gasteiger partial charge in [0.25, 0.3) is 0 Å². The van der Waals surface area contributed by atoms with Crippen LogP contribution in [-0.2, 0) is 0 Å². The van der Waals surface area contributed by atoms with E-state index in [-0.39, 0.29) is 6.04 Å². The first-order valence-corrected chi connectivity index (χ1v) is 5.53. The quantitative estimate of drug-likeness (QED) is 0.790. The minimum absolute atomic E-state index is 0.00241. The van der Waals surface area contributed by atoms with E-state index in [0.29, 0.717) is 0 Å². The number of allylic oxidation sites excluding steroid dienone is 1. The Morgan fingerprint density at radius 1 is 1.25 bits per heavy atom. The number of nitrogens with two attached hydrogens (primary N) is 1. The fourth-order valence-corrected chi connectivity index (χ4v) is 1.73. The predicted octanol–water partition coefficient (Wildman–Crippen LogP) is 3.20. The molecule has 2 rings (SSSR count). The van der Waals surface area contributed by atoms with E-state index in [9.17, 15) is 0 Å². The van der Waals surface area contributed by atoms with Gasteiger partial charge in [-0.1, -0.05) is 30.3 Å². The highest BCUT2D eigenvalue weighted by Crippen LogP contribution is 2.18. The average molecular weight is 212 g/mol. The maximum Gasteiger partial charge on any atom is 0.0706 e. The molecule has 2 nitrogen and oxygen atoms in total. The smallest absolute Gasteiger partial charge is 0.0706 e. The van der Waals surface area contributed by atoms with E-state index >= 15 is 0 Å². The van der Waals surface area contributed by atoms with Crippen LogP contribution in [0.3, 0.4) is 0 Å². The van der Waals surface area contributed by atoms with Gasteiger partial charge in [0, 0.05) is 11.4 Å². The summed E-state index contributed by atoms with van der Waals surface area (Å²) in [6.45, 7) is 3.70. The summed E-state index contributed by atoms with van der Waals surface area (Å²) < 4.78 is 0. The molecule has 0 bridgehead atoms. The highest BCUT2D eigenvalue weighted by atomic mass is 14.8. The summed E-state index contributed by atoms with van der Waals surface area (Å²) in [7, 11) is 0. The van der Waals surface area contributed by atoms with Gasteiger partial charge in [0.1, 0.15) is 0 Å². The van der Waals surface area contributed by atoms with Crippen LogP contribution in [-0.4, -0.2) is 4.98 Å². The lowest BCUT2D eigenvalue weighted by atomic mass is 10.1. The average Bonchev–Trinajstić information content (AvgIpc) is 2.35. The van der Waals surface area contributed by atoms with E-state index in [0.717, 1.165) is 29.4 Å². The van der Waals surface area contributed by atoms with E-state index in [2.05, 4.69) is 23.7 Å². The minimum Gasteiger partial charge on any atom is -0.323 e. The van der Waals surface area contributed by atoms with E-state index in [1.807, 2.05) is 30.3 Å². The van der Waals surface area contributed by atoms with E-state index < -0.39 is 0 Å². The molecule has 0 aliphatic heterocycles. The Kier molecular flexibility index (Phi) is 3.32. The standard InChI is InChI=1S/C14H16N2/c1-2-3-7-12(15)14-10-9-11-6-4-5-8-13(11)16-14/h2,4-6,8-10,12H,1,3,7,15H2/t12-/m1/s1. The largest absolute Gasteiger partial charge is 0.323 e. The molecule has 1 atom stereocenters. The van der Waals surface area contributed by atoms with Crippen molar-refractivity contribution < 1.29 is 0 Å². The zero-order chi connectivity index (χ0) is 11.4. The van der Waals surface area contributed by atoms with Gasteiger partial charge in [0.05, 0.1) is 11.2 Å². The van der Waals surface area contributed by atoms with Crippen molar-refractivity contribution in [2.24, 2.45) is 5.73 Å². The SMILES string of the molecule is C=CCC[C@@H](N)c1ccc2ccccc2n1. The van der Waals surface area contributed by atoms with Crippen LogP contribution in [0.25, 0.3) is 10.9 Å². The lowest BCUT2D eigenvalue weighted by Crippen LogP contribution is -2.11. The Balaban J connectivity index is 2.28. The number of nitrogens with zero attached hydrogens (tertiary/aromatic N) is 1. The molecule has 0 spiro atoms. The monoisotopic (exact) mass is 212 g/mol. The first kappa shape index (κ1) is 10.8. The second-order valence-corrected chi connectivity index (χ2v) is 3.90. The van der Waals surface area contributed by atoms with Gasteiger partial charge in [-0.3, -0.25) is 4.98 Å². The Morgan fingerprint density at radius 2 is 2.06 bits per heavy atom. The molecule has 0 saturated heterocycles. The highest BCUT2D eigenvalue weighted by Gasteiger charge is 2.06. The first-order valence-electron chi connectivity index (χ1n) is 5.53. The second-order valence-electron chi connectivity index (χ2n) is 3.90. The number of aromatic nitrogens is 1. The molecule has 1 heterocycles. The van der Waals surface area contributed by atoms with Gasteiger partial charge in [-0.25, -0.2) is 0 Å². The number of pyridine rings is 1. The van der Waals surface area contributed by atoms with E-state index in [4.69, 9.17) is 5.73 Å². The Labute approximate surface area is 95.8 Å². The summed E-state index contributed by atoms with van der Waals surface area (Å²) in [6.07, 6.45) is 3.71. The van der Waals surface area contributed by atoms with Crippen molar-refractivity contribution in [1.29, 1.82) is 0 Å². The number of hydrogen-bond acceptors (Lipinski definition) is 2. The van der Waals surface area contributed by atoms with Crippen molar-refractivity contribution in [3.8, 4) is 0 Å². The minimum atomic E-state index is 0.00241. The molecule has 2 heteroatoms. The third kappa shape index (κ3) is 2.28. The fourth-order valence-electron chi connectivity index (χ4n) is 1.73. The fraction of sp³-hybridized carbons (Fsp3) is 0.214. The third-order valence-electron chi connectivity index (χ3n) is 2.68. The summed E-state index contributed by atoms with van der Waals surface area (Å²) in [5.74, 6) is 0. The molecule has 2 aromatic rings. The molecule has 0 amide bonds. The van der Waals surface area contributed by atoms with Gasteiger partial charge in [0.2, 0.25) is 0 Å². The maximum atomic E-state index is 6.06. The number of para-hydroxylation sites is 1. The number of hydrogen-bond donors (Lipinski definition) is 1. The van der Waals surface area contributed by atoms with Gasteiger partial charge < -0.3 is 5.73 Å². The summed E-state index contributed by atoms with van der Waals surface area (Å²) in [4.78, 5) is 4.57. The van der Waals surface area contributed by atoms with Crippen LogP contribution < -0.4 is 5.73 Å². The molecule has 0 aliphatic carbocycles. The van der Waals surface area contributed by atoms with Gasteiger partial charge in [0.15, 0.2) is 0 Å². The third-order valence-corrected chi connectivity index (χ3v) is 2.68. The summed E-state index contributed by atoms with van der Waals surface area (Å²) in [6, 6.07) is 12.2. The maximum absolute atomic E-state index is 6.06. The van der Waals surface area contributed by atoms with Crippen molar-refractivity contribution >= 4 is 10.9 Å². The van der Waals surface area contributed by atoms with Crippen molar-refractivity contribution in [3.63, 3.8) is 0 Å². The first-order chi connectivity index (χ1) is 7.81. The molecule has 0 radical (unpaired) electrons. The Bertz CT molecular complexity index is 491. The predicted molar refractivity (Wildman–Crippen MR) is 68.1 cm³/mol. The summed E-state index contributed by atoms with van der Waals surface area (Å²) in [5, 5.41) is 1.15. The molecule has 0 saturated carbocycles. The van der Waals surface area contributed by atoms with Crippen molar-refractivity contribution in [1.82, 2.24) is 4.98 Å². The lowest BCUT2D eigenvalue weighted by molar-refractivity contribution is 0.645. The van der Waals surface area contributed by atoms with Gasteiger partial charge in [-0.2, -0.15) is 0 Å². The molecule has 82 valence electrons. The van der Waals surface area contributed by atoms with Crippen LogP contribution in [0.15, 0.2) is 49.1 Å². The Hall–Kier alpha value is -1.67. The van der Waals surface area contributed by atoms with Crippen LogP contribution in [0.2, 0.25) is 0 Å². The van der Waals surface area contributed by atoms with Crippen LogP contribution >= 0.6 is 0 Å². The topological polar surface area (TPSA) is 38.9 Å². The number of rotatable bonds is 4. The number of fused-ring (bicyclic) bond motifs is 1. The van der Waals surface area contributed by atoms with E-state index in [1.165, 1.54) is 0 Å². The second kappa shape index (κ2) is 4.90. The molecular weight excluding hydrogens is 196 g/mol. The van der Waals surface area contributed by atoms with Crippen molar-refractivity contribution in [2.75, 3.05) is 0 Å². The normalized spacial score (nSPS) is 12.6. The molecule has 16 heavy (non-hydrogen) atoms. The molecule has 0 fully saturated rings.